The maximum atomic E-state index is 13.0. The third-order valence-electron chi connectivity index (χ3n) is 3.81. The van der Waals surface area contributed by atoms with E-state index in [2.05, 4.69) is 20.5 Å². The number of amides is 1. The molecule has 0 saturated heterocycles. The molecule has 2 aromatic carbocycles. The number of hydrogen-bond acceptors (Lipinski definition) is 6. The van der Waals surface area contributed by atoms with Crippen LogP contribution in [0.3, 0.4) is 0 Å². The Morgan fingerprint density at radius 3 is 2.42 bits per heavy atom. The van der Waals surface area contributed by atoms with Crippen molar-refractivity contribution >= 4 is 57.6 Å². The van der Waals surface area contributed by atoms with Crippen molar-refractivity contribution in [1.29, 1.82) is 0 Å². The van der Waals surface area contributed by atoms with Crippen molar-refractivity contribution in [1.82, 2.24) is 10.2 Å². The van der Waals surface area contributed by atoms with Crippen molar-refractivity contribution in [2.75, 3.05) is 5.32 Å². The number of aliphatic imine (C=N–C) groups is 1. The van der Waals surface area contributed by atoms with Crippen LogP contribution in [0.5, 0.6) is 0 Å². The van der Waals surface area contributed by atoms with Gasteiger partial charge in [-0.05, 0) is 42.6 Å². The van der Waals surface area contributed by atoms with E-state index < -0.39 is 17.8 Å². The molecule has 0 saturated carbocycles. The van der Waals surface area contributed by atoms with Gasteiger partial charge in [-0.2, -0.15) is 13.2 Å². The summed E-state index contributed by atoms with van der Waals surface area (Å²) in [7, 11) is 0. The first-order valence-corrected chi connectivity index (χ1v) is 10.1. The van der Waals surface area contributed by atoms with Gasteiger partial charge in [-0.15, -0.1) is 5.10 Å². The number of allylic oxidation sites excluding steroid dienone is 2. The summed E-state index contributed by atoms with van der Waals surface area (Å²) in [6.07, 6.45) is -4.01. The maximum Gasteiger partial charge on any atom is 0.430 e. The van der Waals surface area contributed by atoms with Crippen LogP contribution in [0.1, 0.15) is 15.9 Å². The van der Waals surface area contributed by atoms with E-state index in [1.165, 1.54) is 24.3 Å². The van der Waals surface area contributed by atoms with Gasteiger partial charge in [0.2, 0.25) is 5.13 Å². The minimum Gasteiger partial charge on any atom is -0.395 e. The molecule has 3 aromatic rings. The van der Waals surface area contributed by atoms with Crippen LogP contribution >= 0.6 is 35.2 Å². The van der Waals surface area contributed by atoms with Crippen LogP contribution < -0.4 is 11.1 Å². The fourth-order valence-electron chi connectivity index (χ4n) is 2.33. The quantitative estimate of drug-likeness (QED) is 0.323. The lowest BCUT2D eigenvalue weighted by Crippen LogP contribution is -2.21. The summed E-state index contributed by atoms with van der Waals surface area (Å²) < 4.78 is 39.3. The summed E-state index contributed by atoms with van der Waals surface area (Å²) in [6, 6.07) is 12.2. The van der Waals surface area contributed by atoms with E-state index in [1.807, 2.05) is 0 Å². The van der Waals surface area contributed by atoms with Crippen LogP contribution in [0.2, 0.25) is 5.02 Å². The average Bonchev–Trinajstić information content (AvgIpc) is 3.13. The molecular formula is C19H13ClF3N5OS2. The molecule has 0 radical (unpaired) electrons. The van der Waals surface area contributed by atoms with Crippen LogP contribution in [0.25, 0.3) is 0 Å². The lowest BCUT2D eigenvalue weighted by Gasteiger charge is -2.09. The number of anilines is 1. The summed E-state index contributed by atoms with van der Waals surface area (Å²) in [5.74, 6) is -0.459. The third kappa shape index (κ3) is 6.00. The first-order valence-electron chi connectivity index (χ1n) is 8.48. The molecule has 12 heteroatoms. The second kappa shape index (κ2) is 9.41. The monoisotopic (exact) mass is 483 g/mol. The van der Waals surface area contributed by atoms with Gasteiger partial charge >= 0.3 is 6.18 Å². The molecular weight excluding hydrogens is 471 g/mol. The highest BCUT2D eigenvalue weighted by molar-refractivity contribution is 7.73. The Morgan fingerprint density at radius 2 is 1.84 bits per heavy atom. The van der Waals surface area contributed by atoms with E-state index in [0.29, 0.717) is 14.6 Å². The minimum atomic E-state index is -4.73. The molecule has 31 heavy (non-hydrogen) atoms. The van der Waals surface area contributed by atoms with Crippen molar-refractivity contribution in [3.63, 3.8) is 0 Å². The topological polar surface area (TPSA) is 96.2 Å². The minimum absolute atomic E-state index is 0.0693. The molecule has 0 unspecified atom stereocenters. The number of carbonyl (C=O) groups is 1. The SMILES string of the molecule is NC(=CC(=Nc1ccccc1Cl)c1ccc(C(=O)Nc2n[nH]c(=S)s2)cc1)C(F)(F)F. The van der Waals surface area contributed by atoms with Crippen LogP contribution in [0, 0.1) is 3.95 Å². The van der Waals surface area contributed by atoms with E-state index in [4.69, 9.17) is 29.6 Å². The average molecular weight is 484 g/mol. The standard InChI is InChI=1S/C19H13ClF3N5OS2/c20-12-3-1-2-4-13(12)25-14(9-15(24)19(21,22)23)10-5-7-11(8-6-10)16(29)26-17-27-28-18(30)31-17/h1-9H,24H2,(H,28,30)(H,26,27,29). The lowest BCUT2D eigenvalue weighted by atomic mass is 10.1. The molecule has 0 aliphatic rings. The molecule has 0 aliphatic heterocycles. The summed E-state index contributed by atoms with van der Waals surface area (Å²) in [5.41, 5.74) is 4.63. The number of para-hydroxylation sites is 1. The van der Waals surface area contributed by atoms with Crippen molar-refractivity contribution in [2.24, 2.45) is 10.7 Å². The Labute approximate surface area is 188 Å². The van der Waals surface area contributed by atoms with Gasteiger partial charge < -0.3 is 5.73 Å². The first-order chi connectivity index (χ1) is 14.6. The van der Waals surface area contributed by atoms with E-state index in [0.717, 1.165) is 17.4 Å². The number of benzene rings is 2. The van der Waals surface area contributed by atoms with Gasteiger partial charge in [-0.25, -0.2) is 4.99 Å². The Kier molecular flexibility index (Phi) is 6.88. The van der Waals surface area contributed by atoms with Gasteiger partial charge in [0.25, 0.3) is 5.91 Å². The number of nitrogens with zero attached hydrogens (tertiary/aromatic N) is 2. The predicted octanol–water partition coefficient (Wildman–Crippen LogP) is 5.63. The molecule has 1 heterocycles. The normalized spacial score (nSPS) is 12.6. The fourth-order valence-corrected chi connectivity index (χ4v) is 3.29. The van der Waals surface area contributed by atoms with Crippen LogP contribution in [0.15, 0.2) is 65.3 Å². The largest absolute Gasteiger partial charge is 0.430 e. The number of carbonyl (C=O) groups excluding carboxylic acids is 1. The van der Waals surface area contributed by atoms with Crippen molar-refractivity contribution in [3.05, 3.63) is 80.4 Å². The molecule has 0 atom stereocenters. The predicted molar refractivity (Wildman–Crippen MR) is 118 cm³/mol. The number of aromatic nitrogens is 2. The zero-order valence-corrected chi connectivity index (χ0v) is 17.8. The zero-order chi connectivity index (χ0) is 22.6. The Bertz CT molecular complexity index is 1220. The number of aromatic amines is 1. The van der Waals surface area contributed by atoms with Gasteiger partial charge in [0.1, 0.15) is 5.70 Å². The van der Waals surface area contributed by atoms with Crippen LogP contribution in [-0.2, 0) is 0 Å². The molecule has 4 N–H and O–H groups in total. The van der Waals surface area contributed by atoms with Gasteiger partial charge in [0.15, 0.2) is 3.95 Å². The smallest absolute Gasteiger partial charge is 0.395 e. The molecule has 1 aromatic heterocycles. The molecule has 0 bridgehead atoms. The lowest BCUT2D eigenvalue weighted by molar-refractivity contribution is -0.0925. The highest BCUT2D eigenvalue weighted by Crippen LogP contribution is 2.27. The fraction of sp³-hybridized carbons (Fsp3) is 0.0526. The summed E-state index contributed by atoms with van der Waals surface area (Å²) in [5, 5.41) is 9.50. The molecule has 6 nitrogen and oxygen atoms in total. The number of rotatable bonds is 5. The number of nitrogens with two attached hydrogens (primary N) is 1. The Balaban J connectivity index is 1.95. The number of hydrogen-bond donors (Lipinski definition) is 3. The summed E-state index contributed by atoms with van der Waals surface area (Å²) >= 11 is 12.1. The Morgan fingerprint density at radius 1 is 1.19 bits per heavy atom. The highest BCUT2D eigenvalue weighted by atomic mass is 35.5. The number of alkyl halides is 3. The van der Waals surface area contributed by atoms with E-state index in [-0.39, 0.29) is 22.0 Å². The van der Waals surface area contributed by atoms with E-state index in [1.54, 1.807) is 24.3 Å². The number of halogens is 4. The molecule has 0 aliphatic carbocycles. The van der Waals surface area contributed by atoms with E-state index in [9.17, 15) is 18.0 Å². The second-order valence-electron chi connectivity index (χ2n) is 6.00. The molecule has 0 spiro atoms. The van der Waals surface area contributed by atoms with Crippen molar-refractivity contribution in [3.8, 4) is 0 Å². The summed E-state index contributed by atoms with van der Waals surface area (Å²) in [4.78, 5) is 16.6. The second-order valence-corrected chi connectivity index (χ2v) is 8.07. The number of nitrogens with one attached hydrogen (secondary N) is 2. The maximum absolute atomic E-state index is 13.0. The van der Waals surface area contributed by atoms with E-state index >= 15 is 0 Å². The Hall–Kier alpha value is -3.02. The third-order valence-corrected chi connectivity index (χ3v) is 5.14. The van der Waals surface area contributed by atoms with Crippen LogP contribution in [0.4, 0.5) is 24.0 Å². The van der Waals surface area contributed by atoms with Gasteiger partial charge in [-0.3, -0.25) is 15.2 Å². The molecule has 1 amide bonds. The molecule has 0 fully saturated rings. The van der Waals surface area contributed by atoms with Gasteiger partial charge in [0, 0.05) is 11.1 Å². The molecule has 3 rings (SSSR count). The zero-order valence-electron chi connectivity index (χ0n) is 15.4. The first kappa shape index (κ1) is 22.7. The summed E-state index contributed by atoms with van der Waals surface area (Å²) in [6.45, 7) is 0. The number of H-pyrrole nitrogens is 1. The van der Waals surface area contributed by atoms with Crippen molar-refractivity contribution in [2.45, 2.75) is 6.18 Å². The van der Waals surface area contributed by atoms with Gasteiger partial charge in [-0.1, -0.05) is 47.2 Å². The van der Waals surface area contributed by atoms with Crippen molar-refractivity contribution < 1.29 is 18.0 Å². The highest BCUT2D eigenvalue weighted by Gasteiger charge is 2.31. The van der Waals surface area contributed by atoms with Gasteiger partial charge in [0.05, 0.1) is 16.4 Å². The molecule has 160 valence electrons. The van der Waals surface area contributed by atoms with Crippen LogP contribution in [-0.4, -0.2) is 28.0 Å².